The molecule has 2 heterocycles. The molecule has 1 atom stereocenters. The number of nitrogens with one attached hydrogen (secondary N) is 4. The second-order valence-electron chi connectivity index (χ2n) is 9.15. The fraction of sp³-hybridized carbons (Fsp3) is 0.286. The first-order chi connectivity index (χ1) is 18.0. The van der Waals surface area contributed by atoms with Crippen LogP contribution in [0.4, 0.5) is 5.69 Å². The summed E-state index contributed by atoms with van der Waals surface area (Å²) in [5, 5.41) is 16.6. The second kappa shape index (κ2) is 12.6. The third-order valence-corrected chi connectivity index (χ3v) is 6.36. The van der Waals surface area contributed by atoms with Crippen molar-refractivity contribution in [1.82, 2.24) is 20.5 Å². The molecular formula is C28H33N7O2. The lowest BCUT2D eigenvalue weighted by atomic mass is 10.0. The molecule has 9 nitrogen and oxygen atoms in total. The average molecular weight is 500 g/mol. The van der Waals surface area contributed by atoms with Crippen molar-refractivity contribution in [2.75, 3.05) is 25.0 Å². The molecule has 0 saturated carbocycles. The molecule has 2 amide bonds. The Morgan fingerprint density at radius 1 is 1.03 bits per heavy atom. The Bertz CT molecular complexity index is 1200. The Labute approximate surface area is 217 Å². The zero-order chi connectivity index (χ0) is 26.0. The highest BCUT2D eigenvalue weighted by molar-refractivity contribution is 5.96. The van der Waals surface area contributed by atoms with E-state index in [9.17, 15) is 9.59 Å². The van der Waals surface area contributed by atoms with E-state index in [0.717, 1.165) is 32.5 Å². The van der Waals surface area contributed by atoms with Gasteiger partial charge in [0.2, 0.25) is 11.8 Å². The highest BCUT2D eigenvalue weighted by Gasteiger charge is 2.24. The highest BCUT2D eigenvalue weighted by atomic mass is 16.2. The van der Waals surface area contributed by atoms with Gasteiger partial charge in [-0.2, -0.15) is 0 Å². The van der Waals surface area contributed by atoms with Crippen molar-refractivity contribution in [2.45, 2.75) is 31.5 Å². The number of nitrogen functional groups attached to an aromatic ring is 1. The Kier molecular flexibility index (Phi) is 8.83. The van der Waals surface area contributed by atoms with Crippen LogP contribution in [0.2, 0.25) is 0 Å². The first-order valence-electron chi connectivity index (χ1n) is 12.4. The molecule has 1 aliphatic heterocycles. The molecule has 0 bridgehead atoms. The number of nitrogens with two attached hydrogens (primary N) is 1. The predicted octanol–water partition coefficient (Wildman–Crippen LogP) is 2.42. The predicted molar refractivity (Wildman–Crippen MR) is 144 cm³/mol. The average Bonchev–Trinajstić information content (AvgIpc) is 2.93. The summed E-state index contributed by atoms with van der Waals surface area (Å²) in [4.78, 5) is 32.4. The molecule has 1 saturated heterocycles. The largest absolute Gasteiger partial charge is 0.384 e. The van der Waals surface area contributed by atoms with Crippen LogP contribution in [0.25, 0.3) is 0 Å². The molecule has 1 fully saturated rings. The molecule has 4 rings (SSSR count). The number of amidine groups is 1. The standard InChI is InChI=1S/C28H33N7O2/c29-27(30)21-9-6-10-23(17-21)34-26(24-11-4-5-14-31-24)28(37)32-18-25(36)33-22-12-15-35(16-13-22)19-20-7-2-1-3-8-20/h1-11,14,17,22,26,34H,12-13,15-16,18-19H2,(H3,29,30)(H,32,37)(H,33,36). The number of hydrogen-bond donors (Lipinski definition) is 5. The lowest BCUT2D eigenvalue weighted by Gasteiger charge is -2.32. The number of nitrogens with zero attached hydrogens (tertiary/aromatic N) is 2. The smallest absolute Gasteiger partial charge is 0.249 e. The maximum atomic E-state index is 13.1. The molecule has 37 heavy (non-hydrogen) atoms. The lowest BCUT2D eigenvalue weighted by Crippen LogP contribution is -2.48. The van der Waals surface area contributed by atoms with Gasteiger partial charge in [0.1, 0.15) is 11.9 Å². The molecule has 1 unspecified atom stereocenters. The summed E-state index contributed by atoms with van der Waals surface area (Å²) >= 11 is 0. The number of likely N-dealkylation sites (tertiary alicyclic amines) is 1. The van der Waals surface area contributed by atoms with Gasteiger partial charge in [-0.1, -0.05) is 48.5 Å². The van der Waals surface area contributed by atoms with Gasteiger partial charge in [0.05, 0.1) is 12.2 Å². The van der Waals surface area contributed by atoms with Gasteiger partial charge in [0, 0.05) is 43.1 Å². The van der Waals surface area contributed by atoms with Crippen LogP contribution in [0.15, 0.2) is 79.0 Å². The molecule has 9 heteroatoms. The van der Waals surface area contributed by atoms with E-state index in [1.165, 1.54) is 5.56 Å². The Morgan fingerprint density at radius 3 is 2.49 bits per heavy atom. The molecular weight excluding hydrogens is 466 g/mol. The summed E-state index contributed by atoms with van der Waals surface area (Å²) in [5.41, 5.74) is 8.56. The number of pyridine rings is 1. The summed E-state index contributed by atoms with van der Waals surface area (Å²) in [6, 6.07) is 21.9. The van der Waals surface area contributed by atoms with E-state index >= 15 is 0 Å². The number of aromatic nitrogens is 1. The van der Waals surface area contributed by atoms with Crippen molar-refractivity contribution in [1.29, 1.82) is 5.41 Å². The minimum Gasteiger partial charge on any atom is -0.384 e. The number of piperidine rings is 1. The van der Waals surface area contributed by atoms with E-state index in [0.29, 0.717) is 16.9 Å². The summed E-state index contributed by atoms with van der Waals surface area (Å²) < 4.78 is 0. The summed E-state index contributed by atoms with van der Waals surface area (Å²) in [6.45, 7) is 2.62. The maximum Gasteiger partial charge on any atom is 0.249 e. The van der Waals surface area contributed by atoms with E-state index in [-0.39, 0.29) is 30.2 Å². The molecule has 0 spiro atoms. The molecule has 1 aromatic heterocycles. The SMILES string of the molecule is N=C(N)c1cccc(NC(C(=O)NCC(=O)NC2CCN(Cc3ccccc3)CC2)c2ccccn2)c1. The normalized spacial score (nSPS) is 14.9. The van der Waals surface area contributed by atoms with Crippen LogP contribution < -0.4 is 21.7 Å². The third kappa shape index (κ3) is 7.62. The van der Waals surface area contributed by atoms with Gasteiger partial charge in [0.25, 0.3) is 0 Å². The minimum absolute atomic E-state index is 0.0648. The van der Waals surface area contributed by atoms with E-state index in [4.69, 9.17) is 11.1 Å². The van der Waals surface area contributed by atoms with E-state index in [2.05, 4.69) is 38.0 Å². The van der Waals surface area contributed by atoms with Gasteiger partial charge >= 0.3 is 0 Å². The summed E-state index contributed by atoms with van der Waals surface area (Å²) in [5.74, 6) is -0.655. The number of anilines is 1. The van der Waals surface area contributed by atoms with Crippen molar-refractivity contribution >= 4 is 23.3 Å². The third-order valence-electron chi connectivity index (χ3n) is 6.36. The van der Waals surface area contributed by atoms with Crippen LogP contribution >= 0.6 is 0 Å². The fourth-order valence-electron chi connectivity index (χ4n) is 4.39. The van der Waals surface area contributed by atoms with E-state index in [1.807, 2.05) is 18.2 Å². The van der Waals surface area contributed by atoms with Crippen LogP contribution in [0.1, 0.15) is 35.7 Å². The minimum atomic E-state index is -0.822. The monoisotopic (exact) mass is 499 g/mol. The quantitative estimate of drug-likeness (QED) is 0.215. The van der Waals surface area contributed by atoms with Crippen molar-refractivity contribution in [3.8, 4) is 0 Å². The van der Waals surface area contributed by atoms with Crippen LogP contribution in [0.5, 0.6) is 0 Å². The lowest BCUT2D eigenvalue weighted by molar-refractivity contribution is -0.127. The fourth-order valence-corrected chi connectivity index (χ4v) is 4.39. The molecule has 192 valence electrons. The van der Waals surface area contributed by atoms with Gasteiger partial charge in [-0.15, -0.1) is 0 Å². The Balaban J connectivity index is 1.29. The second-order valence-corrected chi connectivity index (χ2v) is 9.15. The van der Waals surface area contributed by atoms with Gasteiger partial charge in [0.15, 0.2) is 0 Å². The van der Waals surface area contributed by atoms with Crippen molar-refractivity contribution < 1.29 is 9.59 Å². The molecule has 1 aliphatic rings. The van der Waals surface area contributed by atoms with Crippen molar-refractivity contribution in [2.24, 2.45) is 5.73 Å². The summed E-state index contributed by atoms with van der Waals surface area (Å²) in [6.07, 6.45) is 3.36. The van der Waals surface area contributed by atoms with E-state index in [1.54, 1.807) is 48.7 Å². The van der Waals surface area contributed by atoms with Crippen LogP contribution in [-0.4, -0.2) is 53.2 Å². The Hall–Kier alpha value is -4.24. The number of rotatable bonds is 10. The molecule has 6 N–H and O–H groups in total. The summed E-state index contributed by atoms with van der Waals surface area (Å²) in [7, 11) is 0. The van der Waals surface area contributed by atoms with Gasteiger partial charge in [-0.3, -0.25) is 24.9 Å². The maximum absolute atomic E-state index is 13.1. The van der Waals surface area contributed by atoms with Crippen LogP contribution in [-0.2, 0) is 16.1 Å². The number of carbonyl (C=O) groups excluding carboxylic acids is 2. The van der Waals surface area contributed by atoms with E-state index < -0.39 is 6.04 Å². The number of benzene rings is 2. The number of carbonyl (C=O) groups is 2. The molecule has 3 aromatic rings. The van der Waals surface area contributed by atoms with Gasteiger partial charge < -0.3 is 21.7 Å². The highest BCUT2D eigenvalue weighted by Crippen LogP contribution is 2.20. The first-order valence-corrected chi connectivity index (χ1v) is 12.4. The zero-order valence-electron chi connectivity index (χ0n) is 20.7. The molecule has 2 aromatic carbocycles. The van der Waals surface area contributed by atoms with Crippen molar-refractivity contribution in [3.05, 3.63) is 95.8 Å². The van der Waals surface area contributed by atoms with Gasteiger partial charge in [-0.25, -0.2) is 0 Å². The zero-order valence-corrected chi connectivity index (χ0v) is 20.7. The first kappa shape index (κ1) is 25.8. The van der Waals surface area contributed by atoms with Gasteiger partial charge in [-0.05, 0) is 42.7 Å². The number of hydrogen-bond acceptors (Lipinski definition) is 6. The van der Waals surface area contributed by atoms with Crippen LogP contribution in [0.3, 0.4) is 0 Å². The Morgan fingerprint density at radius 2 is 1.78 bits per heavy atom. The van der Waals surface area contributed by atoms with Crippen LogP contribution in [0, 0.1) is 5.41 Å². The van der Waals surface area contributed by atoms with Crippen molar-refractivity contribution in [3.63, 3.8) is 0 Å². The topological polar surface area (TPSA) is 136 Å². The molecule has 0 radical (unpaired) electrons. The number of amides is 2. The molecule has 0 aliphatic carbocycles.